The lowest BCUT2D eigenvalue weighted by molar-refractivity contribution is 0.582. The summed E-state index contributed by atoms with van der Waals surface area (Å²) in [6.45, 7) is 4.31. The standard InChI is InChI=1S/C10H22S2/c1-3-4-5-6-7-8-9-10(2,11)12/h11-12H,3-9H2,1-2H3. The molecule has 0 aromatic rings. The summed E-state index contributed by atoms with van der Waals surface area (Å²) in [5.74, 6) is 0. The second-order valence-corrected chi connectivity index (χ2v) is 6.06. The fraction of sp³-hybridized carbons (Fsp3) is 1.00. The van der Waals surface area contributed by atoms with Crippen LogP contribution in [0.25, 0.3) is 0 Å². The lowest BCUT2D eigenvalue weighted by Crippen LogP contribution is -2.05. The molecule has 0 bridgehead atoms. The summed E-state index contributed by atoms with van der Waals surface area (Å²) in [6, 6.07) is 0. The van der Waals surface area contributed by atoms with E-state index in [1.807, 2.05) is 0 Å². The van der Waals surface area contributed by atoms with Crippen LogP contribution in [0.15, 0.2) is 0 Å². The highest BCUT2D eigenvalue weighted by atomic mass is 32.2. The molecule has 0 amide bonds. The van der Waals surface area contributed by atoms with Gasteiger partial charge < -0.3 is 0 Å². The molecule has 0 aliphatic carbocycles. The second kappa shape index (κ2) is 7.14. The molecule has 0 saturated heterocycles. The molecular formula is C10H22S2. The van der Waals surface area contributed by atoms with Gasteiger partial charge in [-0.1, -0.05) is 45.4 Å². The van der Waals surface area contributed by atoms with E-state index in [4.69, 9.17) is 0 Å². The van der Waals surface area contributed by atoms with Crippen LogP contribution in [0.4, 0.5) is 0 Å². The average Bonchev–Trinajstić information content (AvgIpc) is 1.94. The molecule has 0 spiro atoms. The first-order valence-electron chi connectivity index (χ1n) is 5.01. The van der Waals surface area contributed by atoms with Crippen LogP contribution in [0.1, 0.15) is 58.8 Å². The highest BCUT2D eigenvalue weighted by molar-refractivity contribution is 8.00. The van der Waals surface area contributed by atoms with Gasteiger partial charge in [0, 0.05) is 0 Å². The quantitative estimate of drug-likeness (QED) is 0.346. The summed E-state index contributed by atoms with van der Waals surface area (Å²) < 4.78 is -0.0647. The van der Waals surface area contributed by atoms with Crippen molar-refractivity contribution < 1.29 is 0 Å². The Morgan fingerprint density at radius 2 is 1.42 bits per heavy atom. The molecule has 0 unspecified atom stereocenters. The van der Waals surface area contributed by atoms with Gasteiger partial charge in [0.15, 0.2) is 0 Å². The Kier molecular flexibility index (Phi) is 7.55. The van der Waals surface area contributed by atoms with Gasteiger partial charge in [-0.3, -0.25) is 0 Å². The van der Waals surface area contributed by atoms with Crippen LogP contribution in [-0.2, 0) is 0 Å². The van der Waals surface area contributed by atoms with Crippen molar-refractivity contribution in [1.82, 2.24) is 0 Å². The zero-order valence-electron chi connectivity index (χ0n) is 8.34. The zero-order valence-corrected chi connectivity index (χ0v) is 10.1. The van der Waals surface area contributed by atoms with Gasteiger partial charge in [0.05, 0.1) is 4.08 Å². The molecule has 0 aliphatic rings. The molecule has 0 N–H and O–H groups in total. The van der Waals surface area contributed by atoms with Crippen molar-refractivity contribution in [2.45, 2.75) is 62.9 Å². The van der Waals surface area contributed by atoms with Gasteiger partial charge in [0.25, 0.3) is 0 Å². The Morgan fingerprint density at radius 3 is 1.92 bits per heavy atom. The highest BCUT2D eigenvalue weighted by Crippen LogP contribution is 2.25. The minimum Gasteiger partial charge on any atom is -0.162 e. The van der Waals surface area contributed by atoms with E-state index < -0.39 is 0 Å². The van der Waals surface area contributed by atoms with Gasteiger partial charge in [0.2, 0.25) is 0 Å². The summed E-state index contributed by atoms with van der Waals surface area (Å²) in [7, 11) is 0. The molecule has 0 aromatic carbocycles. The minimum atomic E-state index is -0.0647. The summed E-state index contributed by atoms with van der Waals surface area (Å²) in [6.07, 6.45) is 9.23. The molecule has 12 heavy (non-hydrogen) atoms. The molecule has 0 fully saturated rings. The van der Waals surface area contributed by atoms with Crippen LogP contribution in [0.3, 0.4) is 0 Å². The number of thiol groups is 2. The van der Waals surface area contributed by atoms with Crippen molar-refractivity contribution in [3.8, 4) is 0 Å². The van der Waals surface area contributed by atoms with Crippen LogP contribution in [0.5, 0.6) is 0 Å². The third-order valence-electron chi connectivity index (χ3n) is 2.00. The van der Waals surface area contributed by atoms with E-state index in [-0.39, 0.29) is 4.08 Å². The third kappa shape index (κ3) is 10.7. The lowest BCUT2D eigenvalue weighted by atomic mass is 10.1. The molecule has 0 rings (SSSR count). The fourth-order valence-electron chi connectivity index (χ4n) is 1.24. The van der Waals surface area contributed by atoms with Crippen LogP contribution in [0, 0.1) is 0 Å². The molecule has 2 heteroatoms. The van der Waals surface area contributed by atoms with E-state index in [1.165, 1.54) is 38.5 Å². The Balaban J connectivity index is 3.01. The van der Waals surface area contributed by atoms with E-state index in [0.717, 1.165) is 6.42 Å². The third-order valence-corrected chi connectivity index (χ3v) is 2.45. The summed E-state index contributed by atoms with van der Waals surface area (Å²) in [5, 5.41) is 0. The summed E-state index contributed by atoms with van der Waals surface area (Å²) in [4.78, 5) is 0. The van der Waals surface area contributed by atoms with Crippen molar-refractivity contribution in [2.24, 2.45) is 0 Å². The number of unbranched alkanes of at least 4 members (excludes halogenated alkanes) is 5. The first kappa shape index (κ1) is 12.7. The van der Waals surface area contributed by atoms with Gasteiger partial charge in [-0.2, -0.15) is 25.3 Å². The topological polar surface area (TPSA) is 0 Å². The van der Waals surface area contributed by atoms with E-state index in [9.17, 15) is 0 Å². The predicted molar refractivity (Wildman–Crippen MR) is 64.4 cm³/mol. The molecule has 0 atom stereocenters. The van der Waals surface area contributed by atoms with Gasteiger partial charge in [-0.15, -0.1) is 0 Å². The Morgan fingerprint density at radius 1 is 0.917 bits per heavy atom. The van der Waals surface area contributed by atoms with Crippen molar-refractivity contribution in [3.05, 3.63) is 0 Å². The first-order valence-corrected chi connectivity index (χ1v) is 5.90. The zero-order chi connectivity index (χ0) is 9.45. The number of hydrogen-bond donors (Lipinski definition) is 2. The van der Waals surface area contributed by atoms with Crippen LogP contribution in [-0.4, -0.2) is 4.08 Å². The Bertz CT molecular complexity index is 94.5. The van der Waals surface area contributed by atoms with Crippen molar-refractivity contribution in [1.29, 1.82) is 0 Å². The maximum atomic E-state index is 4.36. The smallest absolute Gasteiger partial charge is 0.0523 e. The van der Waals surface area contributed by atoms with Crippen LogP contribution in [0.2, 0.25) is 0 Å². The van der Waals surface area contributed by atoms with E-state index in [2.05, 4.69) is 39.1 Å². The normalized spacial score (nSPS) is 12.0. The minimum absolute atomic E-state index is 0.0647. The number of rotatable bonds is 7. The highest BCUT2D eigenvalue weighted by Gasteiger charge is 2.10. The van der Waals surface area contributed by atoms with Gasteiger partial charge >= 0.3 is 0 Å². The van der Waals surface area contributed by atoms with Crippen molar-refractivity contribution in [3.63, 3.8) is 0 Å². The Labute approximate surface area is 88.3 Å². The average molecular weight is 206 g/mol. The maximum absolute atomic E-state index is 4.36. The van der Waals surface area contributed by atoms with Crippen LogP contribution >= 0.6 is 25.3 Å². The van der Waals surface area contributed by atoms with Crippen molar-refractivity contribution in [2.75, 3.05) is 0 Å². The molecule has 74 valence electrons. The second-order valence-electron chi connectivity index (χ2n) is 3.73. The summed E-state index contributed by atoms with van der Waals surface area (Å²) in [5.41, 5.74) is 0. The first-order chi connectivity index (χ1) is 5.56. The lowest BCUT2D eigenvalue weighted by Gasteiger charge is -2.15. The molecule has 0 heterocycles. The molecule has 0 radical (unpaired) electrons. The predicted octanol–water partition coefficient (Wildman–Crippen LogP) is 4.31. The van der Waals surface area contributed by atoms with E-state index in [1.54, 1.807) is 0 Å². The van der Waals surface area contributed by atoms with Crippen molar-refractivity contribution >= 4 is 25.3 Å². The summed E-state index contributed by atoms with van der Waals surface area (Å²) >= 11 is 8.72. The van der Waals surface area contributed by atoms with Gasteiger partial charge in [0.1, 0.15) is 0 Å². The maximum Gasteiger partial charge on any atom is 0.0523 e. The van der Waals surface area contributed by atoms with Crippen LogP contribution < -0.4 is 0 Å². The molecular weight excluding hydrogens is 184 g/mol. The van der Waals surface area contributed by atoms with E-state index >= 15 is 0 Å². The van der Waals surface area contributed by atoms with E-state index in [0.29, 0.717) is 0 Å². The monoisotopic (exact) mass is 206 g/mol. The fourth-order valence-corrected chi connectivity index (χ4v) is 1.56. The molecule has 0 saturated carbocycles. The molecule has 0 aromatic heterocycles. The molecule has 0 nitrogen and oxygen atoms in total. The van der Waals surface area contributed by atoms with Gasteiger partial charge in [-0.05, 0) is 13.3 Å². The Hall–Kier alpha value is 0.700. The SMILES string of the molecule is CCCCCCCCC(C)(S)S. The number of hydrogen-bond acceptors (Lipinski definition) is 2. The largest absolute Gasteiger partial charge is 0.162 e. The van der Waals surface area contributed by atoms with Gasteiger partial charge in [-0.25, -0.2) is 0 Å². The molecule has 0 aliphatic heterocycles.